The van der Waals surface area contributed by atoms with Crippen LogP contribution >= 0.6 is 0 Å². The average Bonchev–Trinajstić information content (AvgIpc) is 2.39. The van der Waals surface area contributed by atoms with E-state index < -0.39 is 5.41 Å². The van der Waals surface area contributed by atoms with Gasteiger partial charge in [-0.3, -0.25) is 9.78 Å². The van der Waals surface area contributed by atoms with Crippen LogP contribution in [-0.4, -0.2) is 10.9 Å². The van der Waals surface area contributed by atoms with Gasteiger partial charge in [0.1, 0.15) is 5.41 Å². The molecule has 0 saturated heterocycles. The van der Waals surface area contributed by atoms with E-state index >= 15 is 0 Å². The highest BCUT2D eigenvalue weighted by molar-refractivity contribution is 6.04. The second-order valence-electron chi connectivity index (χ2n) is 4.59. The molecule has 0 aliphatic rings. The Balaban J connectivity index is 2.39. The standard InChI is InChI=1S/C14H13N3O/c1-14(2,9-15)13(18)17-12-5-3-4-10-6-7-16-8-11(10)12/h3-8H,1-2H3,(H,17,18). The molecular weight excluding hydrogens is 226 g/mol. The molecule has 4 nitrogen and oxygen atoms in total. The number of pyridine rings is 1. The number of benzene rings is 1. The van der Waals surface area contributed by atoms with Crippen LogP contribution < -0.4 is 5.32 Å². The fraction of sp³-hybridized carbons (Fsp3) is 0.214. The van der Waals surface area contributed by atoms with Crippen molar-refractivity contribution in [3.63, 3.8) is 0 Å². The Morgan fingerprint density at radius 3 is 2.89 bits per heavy atom. The monoisotopic (exact) mass is 239 g/mol. The molecule has 18 heavy (non-hydrogen) atoms. The van der Waals surface area contributed by atoms with Gasteiger partial charge in [0, 0.05) is 17.8 Å². The number of nitrogens with one attached hydrogen (secondary N) is 1. The van der Waals surface area contributed by atoms with Gasteiger partial charge in [-0.15, -0.1) is 0 Å². The summed E-state index contributed by atoms with van der Waals surface area (Å²) in [7, 11) is 0. The summed E-state index contributed by atoms with van der Waals surface area (Å²) < 4.78 is 0. The number of carbonyl (C=O) groups is 1. The van der Waals surface area contributed by atoms with E-state index in [2.05, 4.69) is 10.3 Å². The Hall–Kier alpha value is -2.41. The molecule has 0 aliphatic carbocycles. The lowest BCUT2D eigenvalue weighted by molar-refractivity contribution is -0.121. The van der Waals surface area contributed by atoms with Crippen molar-refractivity contribution in [1.29, 1.82) is 5.26 Å². The predicted octanol–water partition coefficient (Wildman–Crippen LogP) is 2.72. The third kappa shape index (κ3) is 2.16. The van der Waals surface area contributed by atoms with Gasteiger partial charge in [0.05, 0.1) is 11.8 Å². The van der Waals surface area contributed by atoms with Crippen molar-refractivity contribution >= 4 is 22.4 Å². The molecule has 0 saturated carbocycles. The van der Waals surface area contributed by atoms with Gasteiger partial charge in [-0.05, 0) is 31.4 Å². The third-order valence-corrected chi connectivity index (χ3v) is 2.78. The van der Waals surface area contributed by atoms with E-state index in [4.69, 9.17) is 5.26 Å². The highest BCUT2D eigenvalue weighted by Crippen LogP contribution is 2.24. The topological polar surface area (TPSA) is 65.8 Å². The largest absolute Gasteiger partial charge is 0.324 e. The highest BCUT2D eigenvalue weighted by Gasteiger charge is 2.27. The molecule has 4 heteroatoms. The summed E-state index contributed by atoms with van der Waals surface area (Å²) in [4.78, 5) is 16.0. The van der Waals surface area contributed by atoms with Crippen LogP contribution in [-0.2, 0) is 4.79 Å². The second kappa shape index (κ2) is 4.46. The molecule has 1 aromatic carbocycles. The summed E-state index contributed by atoms with van der Waals surface area (Å²) in [5.41, 5.74) is -0.376. The molecule has 90 valence electrons. The van der Waals surface area contributed by atoms with Crippen LogP contribution in [0.2, 0.25) is 0 Å². The van der Waals surface area contributed by atoms with Gasteiger partial charge in [0.2, 0.25) is 5.91 Å². The Kier molecular flexibility index (Phi) is 2.99. The van der Waals surface area contributed by atoms with E-state index in [9.17, 15) is 4.79 Å². The lowest BCUT2D eigenvalue weighted by Crippen LogP contribution is -2.29. The first kappa shape index (κ1) is 12.1. The predicted molar refractivity (Wildman–Crippen MR) is 69.8 cm³/mol. The molecule has 0 radical (unpaired) electrons. The normalized spacial score (nSPS) is 10.9. The number of nitriles is 1. The van der Waals surface area contributed by atoms with Gasteiger partial charge in [0.25, 0.3) is 0 Å². The maximum absolute atomic E-state index is 12.0. The first-order valence-electron chi connectivity index (χ1n) is 5.60. The Morgan fingerprint density at radius 2 is 2.17 bits per heavy atom. The molecule has 1 amide bonds. The maximum Gasteiger partial charge on any atom is 0.244 e. The molecule has 0 atom stereocenters. The second-order valence-corrected chi connectivity index (χ2v) is 4.59. The minimum Gasteiger partial charge on any atom is -0.324 e. The summed E-state index contributed by atoms with van der Waals surface area (Å²) in [5, 5.41) is 13.6. The van der Waals surface area contributed by atoms with Crippen molar-refractivity contribution in [3.8, 4) is 6.07 Å². The number of nitrogens with zero attached hydrogens (tertiary/aromatic N) is 2. The van der Waals surface area contributed by atoms with Gasteiger partial charge < -0.3 is 5.32 Å². The average molecular weight is 239 g/mol. The number of rotatable bonds is 2. The zero-order valence-corrected chi connectivity index (χ0v) is 10.3. The molecule has 2 rings (SSSR count). The van der Waals surface area contributed by atoms with Crippen molar-refractivity contribution in [3.05, 3.63) is 36.7 Å². The summed E-state index contributed by atoms with van der Waals surface area (Å²) in [6.07, 6.45) is 3.40. The number of hydrogen-bond acceptors (Lipinski definition) is 3. The van der Waals surface area contributed by atoms with E-state index in [1.807, 2.05) is 24.3 Å². The number of aromatic nitrogens is 1. The number of amides is 1. The van der Waals surface area contributed by atoms with E-state index in [1.165, 1.54) is 0 Å². The third-order valence-electron chi connectivity index (χ3n) is 2.78. The van der Waals surface area contributed by atoms with Crippen molar-refractivity contribution in [1.82, 2.24) is 4.98 Å². The van der Waals surface area contributed by atoms with Gasteiger partial charge in [-0.1, -0.05) is 12.1 Å². The van der Waals surface area contributed by atoms with Crippen LogP contribution in [0.25, 0.3) is 10.8 Å². The first-order chi connectivity index (χ1) is 8.54. The van der Waals surface area contributed by atoms with Crippen molar-refractivity contribution in [2.75, 3.05) is 5.32 Å². The molecule has 0 spiro atoms. The summed E-state index contributed by atoms with van der Waals surface area (Å²) in [5.74, 6) is -0.318. The Morgan fingerprint density at radius 1 is 1.39 bits per heavy atom. The minimum absolute atomic E-state index is 0.318. The summed E-state index contributed by atoms with van der Waals surface area (Å²) in [6.45, 7) is 3.18. The van der Waals surface area contributed by atoms with Gasteiger partial charge >= 0.3 is 0 Å². The first-order valence-corrected chi connectivity index (χ1v) is 5.60. The molecule has 0 aliphatic heterocycles. The van der Waals surface area contributed by atoms with Crippen molar-refractivity contribution in [2.45, 2.75) is 13.8 Å². The highest BCUT2D eigenvalue weighted by atomic mass is 16.2. The molecule has 2 aromatic rings. The molecule has 1 heterocycles. The number of carbonyl (C=O) groups excluding carboxylic acids is 1. The number of hydrogen-bond donors (Lipinski definition) is 1. The van der Waals surface area contributed by atoms with Gasteiger partial charge in [0.15, 0.2) is 0 Å². The van der Waals surface area contributed by atoms with Crippen LogP contribution in [0.1, 0.15) is 13.8 Å². The van der Waals surface area contributed by atoms with E-state index in [-0.39, 0.29) is 5.91 Å². The van der Waals surface area contributed by atoms with Gasteiger partial charge in [-0.25, -0.2) is 0 Å². The van der Waals surface area contributed by atoms with Crippen molar-refractivity contribution < 1.29 is 4.79 Å². The lowest BCUT2D eigenvalue weighted by atomic mass is 9.94. The number of anilines is 1. The zero-order chi connectivity index (χ0) is 13.2. The minimum atomic E-state index is -1.05. The zero-order valence-electron chi connectivity index (χ0n) is 10.3. The van der Waals surface area contributed by atoms with Crippen LogP contribution in [0.5, 0.6) is 0 Å². The SMILES string of the molecule is CC(C)(C#N)C(=O)Nc1cccc2ccncc12. The number of fused-ring (bicyclic) bond motifs is 1. The quantitative estimate of drug-likeness (QED) is 0.876. The molecule has 1 N–H and O–H groups in total. The molecule has 0 unspecified atom stereocenters. The smallest absolute Gasteiger partial charge is 0.244 e. The molecule has 0 fully saturated rings. The van der Waals surface area contributed by atoms with Crippen molar-refractivity contribution in [2.24, 2.45) is 5.41 Å². The van der Waals surface area contributed by atoms with E-state index in [1.54, 1.807) is 32.3 Å². The molecule has 1 aromatic heterocycles. The van der Waals surface area contributed by atoms with Crippen LogP contribution in [0.4, 0.5) is 5.69 Å². The maximum atomic E-state index is 12.0. The van der Waals surface area contributed by atoms with E-state index in [0.29, 0.717) is 5.69 Å². The Bertz CT molecular complexity index is 636. The van der Waals surface area contributed by atoms with E-state index in [0.717, 1.165) is 10.8 Å². The van der Waals surface area contributed by atoms with Crippen LogP contribution in [0.3, 0.4) is 0 Å². The summed E-state index contributed by atoms with van der Waals surface area (Å²) in [6, 6.07) is 9.46. The lowest BCUT2D eigenvalue weighted by Gasteiger charge is -2.16. The fourth-order valence-corrected chi connectivity index (χ4v) is 1.55. The summed E-state index contributed by atoms with van der Waals surface area (Å²) >= 11 is 0. The Labute approximate surface area is 105 Å². The molecular formula is C14H13N3O. The van der Waals surface area contributed by atoms with Crippen LogP contribution in [0, 0.1) is 16.7 Å². The van der Waals surface area contributed by atoms with Crippen LogP contribution in [0.15, 0.2) is 36.7 Å². The van der Waals surface area contributed by atoms with Gasteiger partial charge in [-0.2, -0.15) is 5.26 Å². The molecule has 0 bridgehead atoms. The fourth-order valence-electron chi connectivity index (χ4n) is 1.55.